The number of hydrogen-bond acceptors (Lipinski definition) is 3. The Hall–Kier alpha value is -2.69. The van der Waals surface area contributed by atoms with Crippen molar-refractivity contribution in [1.29, 1.82) is 0 Å². The zero-order valence-corrected chi connectivity index (χ0v) is 12.2. The number of amides is 2. The minimum atomic E-state index is -0.168. The standard InChI is InChI=1S/C17H19N3O2/c18-13-4-9-16-12(11-13)3-1-2-10-20(16)17(22)19-14-5-7-15(21)8-6-14/h4-9,11,21H,1-3,10,18H2,(H,19,22). The Kier molecular flexibility index (Phi) is 3.87. The number of aryl methyl sites for hydroxylation is 1. The maximum absolute atomic E-state index is 12.6. The van der Waals surface area contributed by atoms with Crippen LogP contribution in [0, 0.1) is 0 Å². The smallest absolute Gasteiger partial charge is 0.326 e. The molecule has 0 fully saturated rings. The predicted octanol–water partition coefficient (Wildman–Crippen LogP) is 3.35. The molecular formula is C17H19N3O2. The van der Waals surface area contributed by atoms with Gasteiger partial charge in [0.25, 0.3) is 0 Å². The first-order valence-electron chi connectivity index (χ1n) is 7.39. The van der Waals surface area contributed by atoms with Crippen LogP contribution in [0.4, 0.5) is 21.9 Å². The average Bonchev–Trinajstić information content (AvgIpc) is 2.71. The van der Waals surface area contributed by atoms with Crippen LogP contribution >= 0.6 is 0 Å². The second-order valence-electron chi connectivity index (χ2n) is 5.47. The molecule has 2 amide bonds. The third kappa shape index (κ3) is 2.98. The van der Waals surface area contributed by atoms with Gasteiger partial charge >= 0.3 is 6.03 Å². The quantitative estimate of drug-likeness (QED) is 0.558. The van der Waals surface area contributed by atoms with Crippen molar-refractivity contribution < 1.29 is 9.90 Å². The molecule has 5 heteroatoms. The highest BCUT2D eigenvalue weighted by atomic mass is 16.3. The SMILES string of the molecule is Nc1ccc2c(c1)CCCCN2C(=O)Nc1ccc(O)cc1. The molecule has 22 heavy (non-hydrogen) atoms. The summed E-state index contributed by atoms with van der Waals surface area (Å²) in [5, 5.41) is 12.2. The molecule has 0 bridgehead atoms. The van der Waals surface area contributed by atoms with Gasteiger partial charge < -0.3 is 16.2 Å². The summed E-state index contributed by atoms with van der Waals surface area (Å²) in [6, 6.07) is 12.0. The van der Waals surface area contributed by atoms with Crippen LogP contribution in [0.15, 0.2) is 42.5 Å². The number of rotatable bonds is 1. The summed E-state index contributed by atoms with van der Waals surface area (Å²) in [6.07, 6.45) is 2.93. The van der Waals surface area contributed by atoms with Crippen LogP contribution in [0.25, 0.3) is 0 Å². The summed E-state index contributed by atoms with van der Waals surface area (Å²) in [7, 11) is 0. The third-order valence-corrected chi connectivity index (χ3v) is 3.84. The monoisotopic (exact) mass is 297 g/mol. The summed E-state index contributed by atoms with van der Waals surface area (Å²) < 4.78 is 0. The molecule has 114 valence electrons. The maximum Gasteiger partial charge on any atom is 0.326 e. The van der Waals surface area contributed by atoms with Gasteiger partial charge in [-0.15, -0.1) is 0 Å². The molecule has 2 aromatic carbocycles. The fourth-order valence-corrected chi connectivity index (χ4v) is 2.72. The van der Waals surface area contributed by atoms with Crippen LogP contribution in [0.2, 0.25) is 0 Å². The largest absolute Gasteiger partial charge is 0.508 e. The number of nitrogens with two attached hydrogens (primary N) is 1. The van der Waals surface area contributed by atoms with E-state index in [4.69, 9.17) is 5.73 Å². The minimum absolute atomic E-state index is 0.168. The molecule has 0 unspecified atom stereocenters. The number of urea groups is 1. The Morgan fingerprint density at radius 3 is 2.68 bits per heavy atom. The Balaban J connectivity index is 1.84. The highest BCUT2D eigenvalue weighted by Gasteiger charge is 2.21. The second kappa shape index (κ2) is 5.97. The lowest BCUT2D eigenvalue weighted by atomic mass is 10.1. The van der Waals surface area contributed by atoms with E-state index in [0.29, 0.717) is 12.2 Å². The first kappa shape index (κ1) is 14.3. The van der Waals surface area contributed by atoms with Crippen molar-refractivity contribution >= 4 is 23.1 Å². The third-order valence-electron chi connectivity index (χ3n) is 3.84. The lowest BCUT2D eigenvalue weighted by molar-refractivity contribution is 0.257. The van der Waals surface area contributed by atoms with Gasteiger partial charge in [0.05, 0.1) is 0 Å². The van der Waals surface area contributed by atoms with E-state index >= 15 is 0 Å². The van der Waals surface area contributed by atoms with E-state index in [-0.39, 0.29) is 11.8 Å². The van der Waals surface area contributed by atoms with E-state index in [0.717, 1.165) is 36.2 Å². The molecule has 1 aliphatic rings. The van der Waals surface area contributed by atoms with Gasteiger partial charge in [-0.2, -0.15) is 0 Å². The number of nitrogens with zero attached hydrogens (tertiary/aromatic N) is 1. The van der Waals surface area contributed by atoms with Crippen molar-refractivity contribution in [2.75, 3.05) is 22.5 Å². The van der Waals surface area contributed by atoms with E-state index < -0.39 is 0 Å². The molecule has 4 N–H and O–H groups in total. The van der Waals surface area contributed by atoms with E-state index in [2.05, 4.69) is 5.32 Å². The summed E-state index contributed by atoms with van der Waals surface area (Å²) in [5.74, 6) is 0.175. The van der Waals surface area contributed by atoms with Gasteiger partial charge in [0.2, 0.25) is 0 Å². The Morgan fingerprint density at radius 2 is 1.91 bits per heavy atom. The molecule has 0 aliphatic carbocycles. The van der Waals surface area contributed by atoms with Crippen LogP contribution in [-0.4, -0.2) is 17.7 Å². The molecule has 1 heterocycles. The Labute approximate surface area is 129 Å². The summed E-state index contributed by atoms with van der Waals surface area (Å²) in [6.45, 7) is 0.681. The van der Waals surface area contributed by atoms with Gasteiger partial charge in [0.1, 0.15) is 5.75 Å². The van der Waals surface area contributed by atoms with Crippen LogP contribution < -0.4 is 16.0 Å². The van der Waals surface area contributed by atoms with Crippen LogP contribution in [0.3, 0.4) is 0 Å². The number of benzene rings is 2. The molecule has 0 spiro atoms. The molecule has 0 radical (unpaired) electrons. The summed E-state index contributed by atoms with van der Waals surface area (Å²) >= 11 is 0. The number of anilines is 3. The van der Waals surface area contributed by atoms with Crippen molar-refractivity contribution in [1.82, 2.24) is 0 Å². The lowest BCUT2D eigenvalue weighted by Crippen LogP contribution is -2.35. The minimum Gasteiger partial charge on any atom is -0.508 e. The highest BCUT2D eigenvalue weighted by molar-refractivity contribution is 6.02. The van der Waals surface area contributed by atoms with Crippen molar-refractivity contribution in [3.63, 3.8) is 0 Å². The molecule has 1 aliphatic heterocycles. The predicted molar refractivity (Wildman–Crippen MR) is 88.3 cm³/mol. The van der Waals surface area contributed by atoms with Crippen molar-refractivity contribution in [2.45, 2.75) is 19.3 Å². The molecule has 0 saturated heterocycles. The van der Waals surface area contributed by atoms with E-state index in [1.165, 1.54) is 0 Å². The number of nitrogens with one attached hydrogen (secondary N) is 1. The van der Waals surface area contributed by atoms with Gasteiger partial charge in [-0.1, -0.05) is 0 Å². The fourth-order valence-electron chi connectivity index (χ4n) is 2.72. The number of fused-ring (bicyclic) bond motifs is 1. The van der Waals surface area contributed by atoms with Crippen LogP contribution in [0.1, 0.15) is 18.4 Å². The highest BCUT2D eigenvalue weighted by Crippen LogP contribution is 2.29. The lowest BCUT2D eigenvalue weighted by Gasteiger charge is -2.23. The summed E-state index contributed by atoms with van der Waals surface area (Å²) in [4.78, 5) is 14.3. The number of aromatic hydroxyl groups is 1. The van der Waals surface area contributed by atoms with Crippen LogP contribution in [0.5, 0.6) is 5.75 Å². The number of phenolic OH excluding ortho intramolecular Hbond substituents is 1. The average molecular weight is 297 g/mol. The molecule has 5 nitrogen and oxygen atoms in total. The number of carbonyl (C=O) groups is 1. The first-order chi connectivity index (χ1) is 10.6. The maximum atomic E-state index is 12.6. The molecule has 0 aromatic heterocycles. The number of carbonyl (C=O) groups excluding carboxylic acids is 1. The van der Waals surface area contributed by atoms with Crippen molar-refractivity contribution in [2.24, 2.45) is 0 Å². The molecule has 3 rings (SSSR count). The van der Waals surface area contributed by atoms with E-state index in [1.54, 1.807) is 29.2 Å². The van der Waals surface area contributed by atoms with Gasteiger partial charge in [0, 0.05) is 23.6 Å². The van der Waals surface area contributed by atoms with Crippen LogP contribution in [-0.2, 0) is 6.42 Å². The fraction of sp³-hybridized carbons (Fsp3) is 0.235. The topological polar surface area (TPSA) is 78.6 Å². The molecule has 0 saturated carbocycles. The number of nitrogen functional groups attached to an aromatic ring is 1. The Morgan fingerprint density at radius 1 is 1.14 bits per heavy atom. The second-order valence-corrected chi connectivity index (χ2v) is 5.47. The van der Waals surface area contributed by atoms with E-state index in [1.807, 2.05) is 18.2 Å². The van der Waals surface area contributed by atoms with Crippen molar-refractivity contribution in [3.8, 4) is 5.75 Å². The zero-order valence-electron chi connectivity index (χ0n) is 12.2. The first-order valence-corrected chi connectivity index (χ1v) is 7.39. The van der Waals surface area contributed by atoms with Crippen molar-refractivity contribution in [3.05, 3.63) is 48.0 Å². The normalized spacial score (nSPS) is 14.1. The molecule has 0 atom stereocenters. The van der Waals surface area contributed by atoms with Gasteiger partial charge in [-0.05, 0) is 67.3 Å². The molecular weight excluding hydrogens is 278 g/mol. The molecule has 2 aromatic rings. The van der Waals surface area contributed by atoms with Gasteiger partial charge in [0.15, 0.2) is 0 Å². The number of hydrogen-bond donors (Lipinski definition) is 3. The van der Waals surface area contributed by atoms with E-state index in [9.17, 15) is 9.90 Å². The zero-order chi connectivity index (χ0) is 15.5. The van der Waals surface area contributed by atoms with Gasteiger partial charge in [-0.3, -0.25) is 4.90 Å². The van der Waals surface area contributed by atoms with Gasteiger partial charge in [-0.25, -0.2) is 4.79 Å². The Bertz CT molecular complexity index is 683. The number of phenols is 1. The summed E-state index contributed by atoms with van der Waals surface area (Å²) in [5.41, 5.74) is 9.26.